The van der Waals surface area contributed by atoms with Crippen molar-refractivity contribution in [3.8, 4) is 11.3 Å². The van der Waals surface area contributed by atoms with Crippen LogP contribution in [0.1, 0.15) is 30.9 Å². The van der Waals surface area contributed by atoms with Crippen LogP contribution in [0.5, 0.6) is 0 Å². The summed E-state index contributed by atoms with van der Waals surface area (Å²) in [6.45, 7) is 6.54. The molecule has 0 bridgehead atoms. The molecule has 0 saturated heterocycles. The average Bonchev–Trinajstić information content (AvgIpc) is 2.59. The van der Waals surface area contributed by atoms with Gasteiger partial charge in [-0.2, -0.15) is 5.10 Å². The quantitative estimate of drug-likeness (QED) is 0.748. The third-order valence-corrected chi connectivity index (χ3v) is 2.95. The van der Waals surface area contributed by atoms with Gasteiger partial charge >= 0.3 is 0 Å². The Hall–Kier alpha value is -1.57. The molecule has 16 heavy (non-hydrogen) atoms. The second-order valence-corrected chi connectivity index (χ2v) is 4.58. The Morgan fingerprint density at radius 3 is 2.56 bits per heavy atom. The van der Waals surface area contributed by atoms with Gasteiger partial charge in [-0.05, 0) is 30.0 Å². The zero-order valence-electron chi connectivity index (χ0n) is 10.4. The van der Waals surface area contributed by atoms with Gasteiger partial charge in [0.2, 0.25) is 0 Å². The predicted octanol–water partition coefficient (Wildman–Crippen LogP) is 3.52. The van der Waals surface area contributed by atoms with Crippen molar-refractivity contribution < 1.29 is 0 Å². The summed E-state index contributed by atoms with van der Waals surface area (Å²) >= 11 is 0. The van der Waals surface area contributed by atoms with E-state index < -0.39 is 0 Å². The van der Waals surface area contributed by atoms with E-state index in [0.29, 0.717) is 5.92 Å². The average molecular weight is 214 g/mol. The minimum absolute atomic E-state index is 0.563. The number of nitrogens with zero attached hydrogens (tertiary/aromatic N) is 2. The van der Waals surface area contributed by atoms with Crippen molar-refractivity contribution in [2.45, 2.75) is 26.7 Å². The highest BCUT2D eigenvalue weighted by Crippen LogP contribution is 2.25. The Morgan fingerprint density at radius 2 is 2.00 bits per heavy atom. The van der Waals surface area contributed by atoms with E-state index in [2.05, 4.69) is 50.1 Å². The first kappa shape index (κ1) is 10.9. The van der Waals surface area contributed by atoms with Crippen molar-refractivity contribution in [2.24, 2.45) is 7.05 Å². The summed E-state index contributed by atoms with van der Waals surface area (Å²) in [5.41, 5.74) is 5.06. The fourth-order valence-corrected chi connectivity index (χ4v) is 2.01. The van der Waals surface area contributed by atoms with Crippen LogP contribution < -0.4 is 0 Å². The van der Waals surface area contributed by atoms with E-state index in [4.69, 9.17) is 0 Å². The summed E-state index contributed by atoms with van der Waals surface area (Å²) < 4.78 is 1.94. The third-order valence-electron chi connectivity index (χ3n) is 2.95. The molecule has 0 fully saturated rings. The fraction of sp³-hybridized carbons (Fsp3) is 0.357. The van der Waals surface area contributed by atoms with E-state index in [0.717, 1.165) is 0 Å². The summed E-state index contributed by atoms with van der Waals surface area (Å²) in [7, 11) is 1.99. The van der Waals surface area contributed by atoms with Gasteiger partial charge in [0.15, 0.2) is 0 Å². The molecule has 0 aliphatic carbocycles. The van der Waals surface area contributed by atoms with Crippen LogP contribution in [0.15, 0.2) is 30.5 Å². The van der Waals surface area contributed by atoms with Crippen LogP contribution in [0, 0.1) is 6.92 Å². The van der Waals surface area contributed by atoms with E-state index in [9.17, 15) is 0 Å². The van der Waals surface area contributed by atoms with Crippen molar-refractivity contribution in [1.29, 1.82) is 0 Å². The van der Waals surface area contributed by atoms with E-state index >= 15 is 0 Å². The lowest BCUT2D eigenvalue weighted by atomic mass is 9.99. The Morgan fingerprint density at radius 1 is 1.25 bits per heavy atom. The molecular weight excluding hydrogens is 196 g/mol. The highest BCUT2D eigenvalue weighted by atomic mass is 15.3. The number of rotatable bonds is 2. The number of benzene rings is 1. The van der Waals surface area contributed by atoms with Gasteiger partial charge in [0.1, 0.15) is 0 Å². The summed E-state index contributed by atoms with van der Waals surface area (Å²) in [5.74, 6) is 0.563. The molecule has 0 atom stereocenters. The number of aromatic nitrogens is 2. The van der Waals surface area contributed by atoms with Crippen LogP contribution in [0.2, 0.25) is 0 Å². The van der Waals surface area contributed by atoms with E-state index in [1.807, 2.05) is 17.9 Å². The highest BCUT2D eigenvalue weighted by molar-refractivity contribution is 5.63. The normalized spacial score (nSPS) is 11.1. The first-order valence-electron chi connectivity index (χ1n) is 5.68. The van der Waals surface area contributed by atoms with Crippen LogP contribution in [0.4, 0.5) is 0 Å². The number of aryl methyl sites for hydroxylation is 2. The largest absolute Gasteiger partial charge is 0.268 e. The molecule has 1 aromatic carbocycles. The van der Waals surface area contributed by atoms with Gasteiger partial charge in [0.25, 0.3) is 0 Å². The van der Waals surface area contributed by atoms with Crippen molar-refractivity contribution >= 4 is 0 Å². The summed E-state index contributed by atoms with van der Waals surface area (Å²) in [5, 5.41) is 4.28. The lowest BCUT2D eigenvalue weighted by Gasteiger charge is -2.09. The lowest BCUT2D eigenvalue weighted by Crippen LogP contribution is -1.95. The maximum Gasteiger partial charge on any atom is 0.0708 e. The molecule has 0 unspecified atom stereocenters. The van der Waals surface area contributed by atoms with E-state index in [-0.39, 0.29) is 0 Å². The molecule has 0 N–H and O–H groups in total. The van der Waals surface area contributed by atoms with Crippen molar-refractivity contribution in [3.63, 3.8) is 0 Å². The zero-order valence-corrected chi connectivity index (χ0v) is 10.4. The van der Waals surface area contributed by atoms with Crippen molar-refractivity contribution in [3.05, 3.63) is 41.6 Å². The van der Waals surface area contributed by atoms with Gasteiger partial charge in [-0.1, -0.05) is 32.0 Å². The molecule has 2 rings (SSSR count). The standard InChI is InChI=1S/C14H18N2/c1-10(2)12-6-5-7-13(8-12)14-11(3)9-15-16(14)4/h5-10H,1-4H3. The van der Waals surface area contributed by atoms with Gasteiger partial charge < -0.3 is 0 Å². The lowest BCUT2D eigenvalue weighted by molar-refractivity contribution is 0.775. The van der Waals surface area contributed by atoms with Gasteiger partial charge in [0.05, 0.1) is 11.9 Å². The maximum absolute atomic E-state index is 4.28. The highest BCUT2D eigenvalue weighted by Gasteiger charge is 2.08. The zero-order chi connectivity index (χ0) is 11.7. The molecule has 2 aromatic rings. The molecule has 0 aliphatic heterocycles. The summed E-state index contributed by atoms with van der Waals surface area (Å²) in [4.78, 5) is 0. The van der Waals surface area contributed by atoms with E-state index in [1.54, 1.807) is 0 Å². The van der Waals surface area contributed by atoms with Crippen LogP contribution in [-0.4, -0.2) is 9.78 Å². The molecule has 2 nitrogen and oxygen atoms in total. The maximum atomic E-state index is 4.28. The smallest absolute Gasteiger partial charge is 0.0708 e. The topological polar surface area (TPSA) is 17.8 Å². The molecule has 0 saturated carbocycles. The Labute approximate surface area is 96.9 Å². The minimum Gasteiger partial charge on any atom is -0.268 e. The second-order valence-electron chi connectivity index (χ2n) is 4.58. The van der Waals surface area contributed by atoms with Crippen molar-refractivity contribution in [2.75, 3.05) is 0 Å². The van der Waals surface area contributed by atoms with E-state index in [1.165, 1.54) is 22.4 Å². The molecule has 0 amide bonds. The second kappa shape index (κ2) is 4.12. The Kier molecular flexibility index (Phi) is 2.82. The van der Waals surface area contributed by atoms with Crippen molar-refractivity contribution in [1.82, 2.24) is 9.78 Å². The Balaban J connectivity index is 2.52. The molecule has 0 spiro atoms. The predicted molar refractivity (Wildman–Crippen MR) is 67.5 cm³/mol. The number of hydrogen-bond donors (Lipinski definition) is 0. The van der Waals surface area contributed by atoms with Gasteiger partial charge in [-0.25, -0.2) is 0 Å². The van der Waals surface area contributed by atoms with Gasteiger partial charge in [0, 0.05) is 12.6 Å². The van der Waals surface area contributed by atoms with Gasteiger partial charge in [-0.15, -0.1) is 0 Å². The monoisotopic (exact) mass is 214 g/mol. The molecule has 1 heterocycles. The van der Waals surface area contributed by atoms with Crippen LogP contribution in [0.3, 0.4) is 0 Å². The minimum atomic E-state index is 0.563. The van der Waals surface area contributed by atoms with Crippen LogP contribution in [-0.2, 0) is 7.05 Å². The van der Waals surface area contributed by atoms with Crippen LogP contribution in [0.25, 0.3) is 11.3 Å². The summed E-state index contributed by atoms with van der Waals surface area (Å²) in [6.07, 6.45) is 1.91. The third kappa shape index (κ3) is 1.87. The Bertz CT molecular complexity index is 476. The number of hydrogen-bond acceptors (Lipinski definition) is 1. The molecule has 0 aliphatic rings. The molecule has 84 valence electrons. The van der Waals surface area contributed by atoms with Gasteiger partial charge in [-0.3, -0.25) is 4.68 Å². The summed E-state index contributed by atoms with van der Waals surface area (Å²) in [6, 6.07) is 8.71. The molecular formula is C14H18N2. The fourth-order valence-electron chi connectivity index (χ4n) is 2.01. The first-order valence-corrected chi connectivity index (χ1v) is 5.68. The molecule has 1 aromatic heterocycles. The molecule has 0 radical (unpaired) electrons. The van der Waals surface area contributed by atoms with Crippen LogP contribution >= 0.6 is 0 Å². The molecule has 2 heteroatoms. The SMILES string of the molecule is Cc1cnn(C)c1-c1cccc(C(C)C)c1. The first-order chi connectivity index (χ1) is 7.59.